The van der Waals surface area contributed by atoms with E-state index >= 15 is 0 Å². The summed E-state index contributed by atoms with van der Waals surface area (Å²) in [5.41, 5.74) is 1.97. The van der Waals surface area contributed by atoms with E-state index in [2.05, 4.69) is 9.72 Å². The summed E-state index contributed by atoms with van der Waals surface area (Å²) >= 11 is 12.5. The van der Waals surface area contributed by atoms with E-state index in [0.29, 0.717) is 40.9 Å². The van der Waals surface area contributed by atoms with Crippen molar-refractivity contribution in [3.05, 3.63) is 87.7 Å². The Hall–Kier alpha value is -2.17. The monoisotopic (exact) mass is 542 g/mol. The molecule has 3 heterocycles. The molecule has 2 aliphatic heterocycles. The molecule has 0 aliphatic carbocycles. The Bertz CT molecular complexity index is 1250. The van der Waals surface area contributed by atoms with Gasteiger partial charge in [-0.2, -0.15) is 0 Å². The third-order valence-electron chi connectivity index (χ3n) is 6.11. The second kappa shape index (κ2) is 9.37. The lowest BCUT2D eigenvalue weighted by Crippen LogP contribution is -2.43. The van der Waals surface area contributed by atoms with Gasteiger partial charge in [-0.1, -0.05) is 29.3 Å². The van der Waals surface area contributed by atoms with Gasteiger partial charge in [0.1, 0.15) is 28.4 Å². The van der Waals surface area contributed by atoms with Crippen molar-refractivity contribution in [2.24, 2.45) is 0 Å². The van der Waals surface area contributed by atoms with E-state index in [1.54, 1.807) is 16.6 Å². The quantitative estimate of drug-likeness (QED) is 0.381. The Morgan fingerprint density at radius 3 is 2.34 bits per heavy atom. The number of rotatable bonds is 4. The molecule has 3 aromatic rings. The number of fused-ring (bicyclic) bond motifs is 2. The molecule has 1 saturated heterocycles. The van der Waals surface area contributed by atoms with Gasteiger partial charge >= 0.3 is 6.36 Å². The van der Waals surface area contributed by atoms with Crippen LogP contribution < -0.4 is 4.74 Å². The van der Waals surface area contributed by atoms with Gasteiger partial charge in [-0.05, 0) is 66.9 Å². The highest BCUT2D eigenvalue weighted by Gasteiger charge is 2.49. The maximum atomic E-state index is 13.1. The predicted molar refractivity (Wildman–Crippen MR) is 126 cm³/mol. The van der Waals surface area contributed by atoms with Crippen molar-refractivity contribution in [3.63, 3.8) is 0 Å². The van der Waals surface area contributed by atoms with E-state index in [9.17, 15) is 17.4 Å². The van der Waals surface area contributed by atoms with Crippen molar-refractivity contribution in [1.82, 2.24) is 9.29 Å². The fourth-order valence-corrected chi connectivity index (χ4v) is 6.33. The van der Waals surface area contributed by atoms with Crippen LogP contribution in [0, 0.1) is 0 Å². The lowest BCUT2D eigenvalue weighted by Gasteiger charge is -2.38. The molecule has 5 nitrogen and oxygen atoms in total. The van der Waals surface area contributed by atoms with Crippen molar-refractivity contribution in [3.8, 4) is 5.75 Å². The number of piperidine rings is 1. The number of aromatic nitrogens is 1. The van der Waals surface area contributed by atoms with E-state index < -0.39 is 22.9 Å². The highest BCUT2D eigenvalue weighted by Crippen LogP contribution is 2.51. The summed E-state index contributed by atoms with van der Waals surface area (Å²) < 4.78 is 62.6. The van der Waals surface area contributed by atoms with Crippen LogP contribution in [0.5, 0.6) is 5.75 Å². The Morgan fingerprint density at radius 1 is 1.06 bits per heavy atom. The smallest absolute Gasteiger partial charge is 0.406 e. The molecular formula is C24H19Cl2F3N2O3S. The second-order valence-corrected chi connectivity index (χ2v) is 10.7. The minimum atomic E-state index is -4.78. The summed E-state index contributed by atoms with van der Waals surface area (Å²) in [6.45, 7) is 0.902. The van der Waals surface area contributed by atoms with E-state index in [-0.39, 0.29) is 11.9 Å². The lowest BCUT2D eigenvalue weighted by molar-refractivity contribution is -0.274. The van der Waals surface area contributed by atoms with E-state index in [0.717, 1.165) is 29.0 Å². The van der Waals surface area contributed by atoms with Crippen LogP contribution in [0.15, 0.2) is 65.7 Å². The van der Waals surface area contributed by atoms with E-state index in [1.165, 1.54) is 12.1 Å². The number of ether oxygens (including phenoxy) is 2. The Kier molecular flexibility index (Phi) is 6.56. The van der Waals surface area contributed by atoms with Gasteiger partial charge in [0.15, 0.2) is 0 Å². The zero-order chi connectivity index (χ0) is 24.8. The first-order chi connectivity index (χ1) is 16.6. The largest absolute Gasteiger partial charge is 0.573 e. The normalized spacial score (nSPS) is 20.5. The standard InChI is InChI=1S/C24H19Cl2F3N2O3S/c25-16-12-15(13-17(26)14-16)21-20-2-1-9-30-22(20)23(34-21)7-10-31(11-8-23)35(32)19-5-3-18(4-6-19)33-24(27,28)29/h1-6,9,12-14,21H,7-8,10-11H2. The van der Waals surface area contributed by atoms with Crippen molar-refractivity contribution < 1.29 is 26.9 Å². The van der Waals surface area contributed by atoms with Crippen LogP contribution in [0.25, 0.3) is 0 Å². The number of nitrogens with zero attached hydrogens (tertiary/aromatic N) is 2. The SMILES string of the molecule is O=S(c1ccc(OC(F)(F)F)cc1)N1CCC2(CC1)OC(c1cc(Cl)cc(Cl)c1)c1cccnc12. The van der Waals surface area contributed by atoms with Gasteiger partial charge in [0, 0.05) is 34.9 Å². The van der Waals surface area contributed by atoms with Crippen LogP contribution in [0.1, 0.15) is 35.8 Å². The van der Waals surface area contributed by atoms with Crippen molar-refractivity contribution >= 4 is 34.2 Å². The predicted octanol–water partition coefficient (Wildman–Crippen LogP) is 6.42. The number of pyridine rings is 1. The number of halogens is 5. The van der Waals surface area contributed by atoms with Crippen LogP contribution in [0.2, 0.25) is 10.0 Å². The summed E-state index contributed by atoms with van der Waals surface area (Å²) in [5.74, 6) is -0.356. The average Bonchev–Trinajstić information content (AvgIpc) is 3.12. The molecule has 0 N–H and O–H groups in total. The molecule has 2 aromatic carbocycles. The topological polar surface area (TPSA) is 51.7 Å². The number of hydrogen-bond donors (Lipinski definition) is 0. The maximum absolute atomic E-state index is 13.1. The summed E-state index contributed by atoms with van der Waals surface area (Å²) in [7, 11) is -1.54. The summed E-state index contributed by atoms with van der Waals surface area (Å²) in [6.07, 6.45) is -2.34. The van der Waals surface area contributed by atoms with Gasteiger partial charge in [0.2, 0.25) is 0 Å². The average molecular weight is 543 g/mol. The summed E-state index contributed by atoms with van der Waals surface area (Å²) in [5, 5.41) is 1.03. The lowest BCUT2D eigenvalue weighted by atomic mass is 9.87. The fourth-order valence-electron chi connectivity index (χ4n) is 4.60. The minimum Gasteiger partial charge on any atom is -0.406 e. The van der Waals surface area contributed by atoms with Crippen molar-refractivity contribution in [2.75, 3.05) is 13.1 Å². The van der Waals surface area contributed by atoms with E-state index in [4.69, 9.17) is 27.9 Å². The maximum Gasteiger partial charge on any atom is 0.573 e. The highest BCUT2D eigenvalue weighted by molar-refractivity contribution is 7.82. The molecule has 5 rings (SSSR count). The van der Waals surface area contributed by atoms with Crippen LogP contribution in [-0.4, -0.2) is 32.9 Å². The molecule has 2 atom stereocenters. The Morgan fingerprint density at radius 2 is 1.71 bits per heavy atom. The van der Waals surface area contributed by atoms with Gasteiger partial charge in [0.05, 0.1) is 10.6 Å². The first-order valence-corrected chi connectivity index (χ1v) is 12.6. The molecule has 0 radical (unpaired) electrons. The molecule has 0 saturated carbocycles. The van der Waals surface area contributed by atoms with Gasteiger partial charge in [-0.15, -0.1) is 13.2 Å². The highest BCUT2D eigenvalue weighted by atomic mass is 35.5. The molecule has 1 fully saturated rings. The molecule has 1 aromatic heterocycles. The van der Waals surface area contributed by atoms with Gasteiger partial charge in [0.25, 0.3) is 0 Å². The van der Waals surface area contributed by atoms with Gasteiger partial charge < -0.3 is 9.47 Å². The molecule has 0 amide bonds. The van der Waals surface area contributed by atoms with Crippen molar-refractivity contribution in [2.45, 2.75) is 35.8 Å². The van der Waals surface area contributed by atoms with Gasteiger partial charge in [-0.3, -0.25) is 4.98 Å². The van der Waals surface area contributed by atoms with Crippen LogP contribution in [0.4, 0.5) is 13.2 Å². The first kappa shape index (κ1) is 24.5. The molecule has 0 bridgehead atoms. The number of benzene rings is 2. The number of hydrogen-bond acceptors (Lipinski definition) is 4. The zero-order valence-electron chi connectivity index (χ0n) is 18.1. The van der Waals surface area contributed by atoms with Crippen molar-refractivity contribution in [1.29, 1.82) is 0 Å². The fraction of sp³-hybridized carbons (Fsp3) is 0.292. The van der Waals surface area contributed by atoms with Crippen LogP contribution in [-0.2, 0) is 21.3 Å². The third kappa shape index (κ3) is 5.06. The molecule has 11 heteroatoms. The zero-order valence-corrected chi connectivity index (χ0v) is 20.4. The van der Waals surface area contributed by atoms with E-state index in [1.807, 2.05) is 24.3 Å². The van der Waals surface area contributed by atoms with Crippen LogP contribution in [0.3, 0.4) is 0 Å². The molecule has 1 spiro atoms. The minimum absolute atomic E-state index is 0.356. The summed E-state index contributed by atoms with van der Waals surface area (Å²) in [6, 6.07) is 14.2. The molecule has 184 valence electrons. The van der Waals surface area contributed by atoms with Gasteiger partial charge in [-0.25, -0.2) is 8.51 Å². The second-order valence-electron chi connectivity index (χ2n) is 8.33. The molecule has 2 unspecified atom stereocenters. The molecular weight excluding hydrogens is 524 g/mol. The van der Waals surface area contributed by atoms with Crippen LogP contribution >= 0.6 is 23.2 Å². The Balaban J connectivity index is 1.33. The Labute approximate surface area is 212 Å². The first-order valence-electron chi connectivity index (χ1n) is 10.8. The number of alkyl halides is 3. The molecule has 35 heavy (non-hydrogen) atoms. The summed E-state index contributed by atoms with van der Waals surface area (Å²) in [4.78, 5) is 5.03. The molecule has 2 aliphatic rings. The third-order valence-corrected chi connectivity index (χ3v) is 8.05.